The average Bonchev–Trinajstić information content (AvgIpc) is 3.25. The minimum Gasteiger partial charge on any atom is -0.492 e. The van der Waals surface area contributed by atoms with E-state index in [9.17, 15) is 0 Å². The molecule has 0 radical (unpaired) electrons. The van der Waals surface area contributed by atoms with Crippen molar-refractivity contribution in [3.63, 3.8) is 0 Å². The van der Waals surface area contributed by atoms with Crippen molar-refractivity contribution in [2.45, 2.75) is 51.2 Å². The maximum atomic E-state index is 6.08. The van der Waals surface area contributed by atoms with Crippen LogP contribution in [0.1, 0.15) is 38.2 Å². The molecule has 1 aromatic rings. The van der Waals surface area contributed by atoms with Gasteiger partial charge < -0.3 is 20.5 Å². The summed E-state index contributed by atoms with van der Waals surface area (Å²) < 4.78 is 11.4. The van der Waals surface area contributed by atoms with Gasteiger partial charge in [0.25, 0.3) is 0 Å². The highest BCUT2D eigenvalue weighted by molar-refractivity contribution is 14.0. The van der Waals surface area contributed by atoms with Crippen LogP contribution in [0, 0.1) is 0 Å². The zero-order valence-corrected chi connectivity index (χ0v) is 21.4. The van der Waals surface area contributed by atoms with Crippen molar-refractivity contribution >= 4 is 29.9 Å². The molecule has 2 fully saturated rings. The van der Waals surface area contributed by atoms with E-state index in [0.717, 1.165) is 57.0 Å². The molecule has 0 amide bonds. The first kappa shape index (κ1) is 26.2. The Morgan fingerprint density at radius 3 is 2.90 bits per heavy atom. The number of ether oxygens (including phenoxy) is 2. The Morgan fingerprint density at radius 2 is 2.13 bits per heavy atom. The number of hydrogen-bond acceptors (Lipinski definition) is 5. The predicted octanol–water partition coefficient (Wildman–Crippen LogP) is 2.68. The first-order chi connectivity index (χ1) is 14.7. The maximum absolute atomic E-state index is 6.08. The van der Waals surface area contributed by atoms with Crippen molar-refractivity contribution in [1.82, 2.24) is 15.1 Å². The zero-order chi connectivity index (χ0) is 21.2. The summed E-state index contributed by atoms with van der Waals surface area (Å²) >= 11 is 0. The number of nitrogens with one attached hydrogen (secondary N) is 1. The van der Waals surface area contributed by atoms with Gasteiger partial charge in [0.2, 0.25) is 0 Å². The number of likely N-dealkylation sites (tertiary alicyclic amines) is 1. The van der Waals surface area contributed by atoms with Gasteiger partial charge >= 0.3 is 0 Å². The lowest BCUT2D eigenvalue weighted by molar-refractivity contribution is 0.0392. The van der Waals surface area contributed by atoms with Crippen molar-refractivity contribution in [3.8, 4) is 5.75 Å². The second-order valence-corrected chi connectivity index (χ2v) is 8.33. The van der Waals surface area contributed by atoms with E-state index >= 15 is 0 Å². The van der Waals surface area contributed by atoms with Gasteiger partial charge in [0.05, 0.1) is 6.54 Å². The molecule has 0 spiro atoms. The molecule has 1 atom stereocenters. The monoisotopic (exact) mass is 545 g/mol. The van der Waals surface area contributed by atoms with Crippen LogP contribution >= 0.6 is 24.0 Å². The van der Waals surface area contributed by atoms with Crippen molar-refractivity contribution < 1.29 is 9.47 Å². The Hall–Kier alpha value is -1.10. The lowest BCUT2D eigenvalue weighted by Gasteiger charge is -2.31. The van der Waals surface area contributed by atoms with Gasteiger partial charge in [0, 0.05) is 38.4 Å². The number of benzene rings is 1. The predicted molar refractivity (Wildman–Crippen MR) is 137 cm³/mol. The van der Waals surface area contributed by atoms with Gasteiger partial charge in [-0.25, -0.2) is 4.99 Å². The summed E-state index contributed by atoms with van der Waals surface area (Å²) in [5, 5.41) is 3.29. The molecule has 176 valence electrons. The molecule has 1 aromatic carbocycles. The third-order valence-electron chi connectivity index (χ3n) is 6.28. The molecule has 2 aliphatic rings. The number of guanidine groups is 1. The summed E-state index contributed by atoms with van der Waals surface area (Å²) in [4.78, 5) is 9.39. The van der Waals surface area contributed by atoms with E-state index in [0.29, 0.717) is 31.2 Å². The maximum Gasteiger partial charge on any atom is 0.188 e. The standard InChI is InChI=1S/C23H39N5O2.HI/c1-3-28-11-5-7-21(28)18-26-23(24)25-17-19-6-4-8-22(16-19)30-15-12-27(2)20-9-13-29-14-10-20;/h4,6,8,16,20-21H,3,5,7,9-15,17-18H2,1-2H3,(H3,24,25,26);1H. The minimum atomic E-state index is 0. The second kappa shape index (κ2) is 14.1. The summed E-state index contributed by atoms with van der Waals surface area (Å²) in [6, 6.07) is 9.31. The number of halogens is 1. The highest BCUT2D eigenvalue weighted by atomic mass is 127. The van der Waals surface area contributed by atoms with Crippen LogP contribution in [-0.4, -0.2) is 80.9 Å². The van der Waals surface area contributed by atoms with Gasteiger partial charge in [-0.2, -0.15) is 0 Å². The summed E-state index contributed by atoms with van der Waals surface area (Å²) in [5.74, 6) is 1.40. The lowest BCUT2D eigenvalue weighted by atomic mass is 10.1. The molecule has 1 unspecified atom stereocenters. The molecule has 7 nitrogen and oxygen atoms in total. The van der Waals surface area contributed by atoms with Gasteiger partial charge in [-0.1, -0.05) is 19.1 Å². The van der Waals surface area contributed by atoms with Gasteiger partial charge in [-0.15, -0.1) is 24.0 Å². The molecular weight excluding hydrogens is 505 g/mol. The van der Waals surface area contributed by atoms with Crippen molar-refractivity contribution in [2.75, 3.05) is 53.0 Å². The Labute approximate surface area is 204 Å². The van der Waals surface area contributed by atoms with Crippen LogP contribution < -0.4 is 15.8 Å². The summed E-state index contributed by atoms with van der Waals surface area (Å²) in [5.41, 5.74) is 7.19. The van der Waals surface area contributed by atoms with E-state index in [1.807, 2.05) is 12.1 Å². The van der Waals surface area contributed by atoms with Crippen LogP contribution in [0.3, 0.4) is 0 Å². The van der Waals surface area contributed by atoms with Crippen LogP contribution in [0.2, 0.25) is 0 Å². The molecule has 0 saturated carbocycles. The lowest BCUT2D eigenvalue weighted by Crippen LogP contribution is -2.42. The Balaban J connectivity index is 0.00000341. The van der Waals surface area contributed by atoms with Gasteiger partial charge in [-0.05, 0) is 63.5 Å². The second-order valence-electron chi connectivity index (χ2n) is 8.33. The van der Waals surface area contributed by atoms with Crippen LogP contribution in [0.4, 0.5) is 0 Å². The molecule has 3 rings (SSSR count). The van der Waals surface area contributed by atoms with Crippen LogP contribution in [0.5, 0.6) is 5.75 Å². The third-order valence-corrected chi connectivity index (χ3v) is 6.28. The number of aliphatic imine (C=N–C) groups is 1. The first-order valence-corrected chi connectivity index (χ1v) is 11.4. The highest BCUT2D eigenvalue weighted by Crippen LogP contribution is 2.17. The van der Waals surface area contributed by atoms with E-state index in [1.165, 1.54) is 19.4 Å². The molecular formula is C23H40IN5O2. The summed E-state index contributed by atoms with van der Waals surface area (Å²) in [7, 11) is 2.17. The fourth-order valence-corrected chi connectivity index (χ4v) is 4.35. The van der Waals surface area contributed by atoms with E-state index in [-0.39, 0.29) is 24.0 Å². The van der Waals surface area contributed by atoms with E-state index < -0.39 is 0 Å². The molecule has 0 aromatic heterocycles. The summed E-state index contributed by atoms with van der Waals surface area (Å²) in [6.07, 6.45) is 4.72. The van der Waals surface area contributed by atoms with Crippen LogP contribution in [0.15, 0.2) is 29.3 Å². The molecule has 2 saturated heterocycles. The van der Waals surface area contributed by atoms with E-state index in [1.54, 1.807) is 0 Å². The number of nitrogens with two attached hydrogens (primary N) is 1. The average molecular weight is 546 g/mol. The summed E-state index contributed by atoms with van der Waals surface area (Å²) in [6.45, 7) is 9.26. The Kier molecular flexibility index (Phi) is 11.9. The quantitative estimate of drug-likeness (QED) is 0.268. The van der Waals surface area contributed by atoms with Crippen LogP contribution in [-0.2, 0) is 11.3 Å². The third kappa shape index (κ3) is 8.75. The molecule has 0 aliphatic carbocycles. The molecule has 2 aliphatic heterocycles. The number of rotatable bonds is 10. The normalized spacial score (nSPS) is 20.6. The fraction of sp³-hybridized carbons (Fsp3) is 0.696. The molecule has 31 heavy (non-hydrogen) atoms. The Bertz CT molecular complexity index is 669. The minimum absolute atomic E-state index is 0. The molecule has 2 heterocycles. The van der Waals surface area contributed by atoms with Crippen molar-refractivity contribution in [1.29, 1.82) is 0 Å². The molecule has 3 N–H and O–H groups in total. The molecule has 8 heteroatoms. The van der Waals surface area contributed by atoms with E-state index in [4.69, 9.17) is 15.2 Å². The first-order valence-electron chi connectivity index (χ1n) is 11.4. The van der Waals surface area contributed by atoms with Crippen molar-refractivity contribution in [2.24, 2.45) is 10.7 Å². The zero-order valence-electron chi connectivity index (χ0n) is 19.1. The molecule has 0 bridgehead atoms. The van der Waals surface area contributed by atoms with Crippen molar-refractivity contribution in [3.05, 3.63) is 29.8 Å². The number of nitrogens with zero attached hydrogens (tertiary/aromatic N) is 3. The SMILES string of the molecule is CCN1CCCC1CNC(N)=NCc1cccc(OCCN(C)C2CCOCC2)c1.I. The fourth-order valence-electron chi connectivity index (χ4n) is 4.35. The van der Waals surface area contributed by atoms with Gasteiger partial charge in [-0.3, -0.25) is 9.80 Å². The topological polar surface area (TPSA) is 75.3 Å². The van der Waals surface area contributed by atoms with Gasteiger partial charge in [0.1, 0.15) is 12.4 Å². The smallest absolute Gasteiger partial charge is 0.188 e. The van der Waals surface area contributed by atoms with Crippen LogP contribution in [0.25, 0.3) is 0 Å². The Morgan fingerprint density at radius 1 is 1.32 bits per heavy atom. The highest BCUT2D eigenvalue weighted by Gasteiger charge is 2.22. The number of likely N-dealkylation sites (N-methyl/N-ethyl adjacent to an activating group) is 2. The van der Waals surface area contributed by atoms with E-state index in [2.05, 4.69) is 46.2 Å². The largest absolute Gasteiger partial charge is 0.492 e. The number of hydrogen-bond donors (Lipinski definition) is 2. The van der Waals surface area contributed by atoms with Gasteiger partial charge in [0.15, 0.2) is 5.96 Å².